The van der Waals surface area contributed by atoms with Crippen molar-refractivity contribution in [2.24, 2.45) is 0 Å². The van der Waals surface area contributed by atoms with Crippen molar-refractivity contribution in [3.8, 4) is 0 Å². The molecule has 0 aliphatic rings. The Balaban J connectivity index is 1.83. The summed E-state index contributed by atoms with van der Waals surface area (Å²) >= 11 is 6.58. The minimum absolute atomic E-state index is 0.0616. The van der Waals surface area contributed by atoms with Crippen LogP contribution >= 0.6 is 23.6 Å². The molecule has 1 amide bonds. The molecule has 0 saturated heterocycles. The van der Waals surface area contributed by atoms with Crippen LogP contribution in [0, 0.1) is 6.92 Å². The van der Waals surface area contributed by atoms with E-state index in [0.29, 0.717) is 9.99 Å². The van der Waals surface area contributed by atoms with Crippen LogP contribution in [-0.2, 0) is 0 Å². The number of carbonyl (C=O) groups is 1. The molecule has 1 aromatic heterocycles. The molecule has 1 heterocycles. The van der Waals surface area contributed by atoms with E-state index in [4.69, 9.17) is 12.2 Å². The second kappa shape index (κ2) is 7.19. The number of hydrazine groups is 1. The van der Waals surface area contributed by atoms with Gasteiger partial charge in [0.05, 0.1) is 10.9 Å². The molecule has 2 rings (SSSR count). The maximum absolute atomic E-state index is 11.9. The van der Waals surface area contributed by atoms with Crippen molar-refractivity contribution in [1.29, 1.82) is 0 Å². The molecule has 1 atom stereocenters. The molecule has 0 saturated carbocycles. The summed E-state index contributed by atoms with van der Waals surface area (Å²) in [6.07, 6.45) is 0. The average molecular weight is 319 g/mol. The number of carbonyl (C=O) groups excluding carboxylic acids is 1. The molecule has 0 unspecified atom stereocenters. The molecule has 4 nitrogen and oxygen atoms in total. The van der Waals surface area contributed by atoms with Crippen LogP contribution in [0.3, 0.4) is 0 Å². The van der Waals surface area contributed by atoms with Gasteiger partial charge in [-0.25, -0.2) is 0 Å². The first-order valence-corrected chi connectivity index (χ1v) is 7.82. The van der Waals surface area contributed by atoms with Crippen LogP contribution in [0.2, 0.25) is 0 Å². The lowest BCUT2D eigenvalue weighted by atomic mass is 10.1. The van der Waals surface area contributed by atoms with Crippen molar-refractivity contribution in [2.75, 3.05) is 0 Å². The van der Waals surface area contributed by atoms with E-state index < -0.39 is 0 Å². The highest BCUT2D eigenvalue weighted by Gasteiger charge is 2.11. The summed E-state index contributed by atoms with van der Waals surface area (Å²) in [6.45, 7) is 3.91. The van der Waals surface area contributed by atoms with E-state index in [9.17, 15) is 4.79 Å². The minimum Gasteiger partial charge on any atom is -0.355 e. The zero-order valence-corrected chi connectivity index (χ0v) is 13.5. The zero-order valence-electron chi connectivity index (χ0n) is 11.8. The van der Waals surface area contributed by atoms with Gasteiger partial charge in [0, 0.05) is 0 Å². The molecule has 2 aromatic rings. The van der Waals surface area contributed by atoms with Gasteiger partial charge < -0.3 is 5.32 Å². The van der Waals surface area contributed by atoms with E-state index in [-0.39, 0.29) is 11.9 Å². The smallest absolute Gasteiger partial charge is 0.279 e. The summed E-state index contributed by atoms with van der Waals surface area (Å²) < 4.78 is 0. The summed E-state index contributed by atoms with van der Waals surface area (Å²) in [5.74, 6) is -0.181. The third kappa shape index (κ3) is 4.27. The second-order valence-electron chi connectivity index (χ2n) is 4.62. The lowest BCUT2D eigenvalue weighted by Crippen LogP contribution is -2.47. The lowest BCUT2D eigenvalue weighted by molar-refractivity contribution is 0.0947. The van der Waals surface area contributed by atoms with Gasteiger partial charge in [-0.3, -0.25) is 15.6 Å². The lowest BCUT2D eigenvalue weighted by Gasteiger charge is -2.17. The van der Waals surface area contributed by atoms with E-state index in [1.807, 2.05) is 55.6 Å². The standard InChI is InChI=1S/C15H17N3OS2/c1-10-8-9-21-13(10)14(19)17-18-15(20)16-11(2)12-6-4-3-5-7-12/h3-9,11H,1-2H3,(H,17,19)(H2,16,18,20)/t11-/m0/s1. The summed E-state index contributed by atoms with van der Waals surface area (Å²) in [5, 5.41) is 5.39. The Morgan fingerprint density at radius 1 is 1.19 bits per heavy atom. The van der Waals surface area contributed by atoms with E-state index in [2.05, 4.69) is 16.2 Å². The molecule has 21 heavy (non-hydrogen) atoms. The number of rotatable bonds is 3. The van der Waals surface area contributed by atoms with Crippen LogP contribution in [0.1, 0.15) is 33.8 Å². The van der Waals surface area contributed by atoms with Crippen LogP contribution in [0.4, 0.5) is 0 Å². The number of amides is 1. The van der Waals surface area contributed by atoms with Crippen LogP contribution < -0.4 is 16.2 Å². The Hall–Kier alpha value is -1.92. The Bertz CT molecular complexity index is 625. The Morgan fingerprint density at radius 3 is 2.52 bits per heavy atom. The number of thiophene rings is 1. The molecule has 0 aliphatic heterocycles. The van der Waals surface area contributed by atoms with Crippen molar-refractivity contribution < 1.29 is 4.79 Å². The predicted molar refractivity (Wildman–Crippen MR) is 90.2 cm³/mol. The SMILES string of the molecule is Cc1ccsc1C(=O)NNC(=S)N[C@@H](C)c1ccccc1. The fraction of sp³-hybridized carbons (Fsp3) is 0.200. The first kappa shape index (κ1) is 15.5. The van der Waals surface area contributed by atoms with Gasteiger partial charge in [-0.1, -0.05) is 30.3 Å². The second-order valence-corrected chi connectivity index (χ2v) is 5.94. The molecule has 0 radical (unpaired) electrons. The van der Waals surface area contributed by atoms with Crippen molar-refractivity contribution in [2.45, 2.75) is 19.9 Å². The molecular weight excluding hydrogens is 302 g/mol. The zero-order chi connectivity index (χ0) is 15.2. The summed E-state index contributed by atoms with van der Waals surface area (Å²) in [5.41, 5.74) is 7.41. The summed E-state index contributed by atoms with van der Waals surface area (Å²) in [7, 11) is 0. The third-order valence-corrected chi connectivity index (χ3v) is 4.24. The van der Waals surface area contributed by atoms with Gasteiger partial charge >= 0.3 is 0 Å². The molecule has 0 spiro atoms. The Kier molecular flexibility index (Phi) is 5.30. The largest absolute Gasteiger partial charge is 0.355 e. The van der Waals surface area contributed by atoms with Gasteiger partial charge in [0.25, 0.3) is 5.91 Å². The van der Waals surface area contributed by atoms with E-state index in [1.54, 1.807) is 0 Å². The predicted octanol–water partition coefficient (Wildman–Crippen LogP) is 2.93. The molecule has 3 N–H and O–H groups in total. The van der Waals surface area contributed by atoms with Crippen LogP contribution in [0.5, 0.6) is 0 Å². The van der Waals surface area contributed by atoms with E-state index in [0.717, 1.165) is 11.1 Å². The van der Waals surface area contributed by atoms with Crippen molar-refractivity contribution in [3.63, 3.8) is 0 Å². The van der Waals surface area contributed by atoms with Gasteiger partial charge in [0.15, 0.2) is 5.11 Å². The number of hydrogen-bond acceptors (Lipinski definition) is 3. The minimum atomic E-state index is -0.181. The molecule has 0 aliphatic carbocycles. The molecular formula is C15H17N3OS2. The van der Waals surface area contributed by atoms with Gasteiger partial charge in [-0.05, 0) is 48.6 Å². The third-order valence-electron chi connectivity index (χ3n) is 3.01. The van der Waals surface area contributed by atoms with Crippen LogP contribution in [-0.4, -0.2) is 11.0 Å². The number of benzene rings is 1. The number of aryl methyl sites for hydroxylation is 1. The van der Waals surface area contributed by atoms with Crippen LogP contribution in [0.15, 0.2) is 41.8 Å². The Morgan fingerprint density at radius 2 is 1.90 bits per heavy atom. The number of thiocarbonyl (C=S) groups is 1. The fourth-order valence-corrected chi connectivity index (χ4v) is 2.88. The highest BCUT2D eigenvalue weighted by Crippen LogP contribution is 2.14. The first-order chi connectivity index (χ1) is 10.1. The monoisotopic (exact) mass is 319 g/mol. The molecule has 110 valence electrons. The van der Waals surface area contributed by atoms with Crippen molar-refractivity contribution >= 4 is 34.6 Å². The van der Waals surface area contributed by atoms with Gasteiger partial charge in [0.1, 0.15) is 0 Å². The van der Waals surface area contributed by atoms with Crippen molar-refractivity contribution in [1.82, 2.24) is 16.2 Å². The summed E-state index contributed by atoms with van der Waals surface area (Å²) in [4.78, 5) is 12.6. The molecule has 1 aromatic carbocycles. The quantitative estimate of drug-likeness (QED) is 0.601. The Labute approximate surface area is 133 Å². The molecule has 6 heteroatoms. The maximum Gasteiger partial charge on any atom is 0.279 e. The molecule has 0 fully saturated rings. The topological polar surface area (TPSA) is 53.2 Å². The average Bonchev–Trinajstić information content (AvgIpc) is 2.92. The van der Waals surface area contributed by atoms with E-state index in [1.165, 1.54) is 11.3 Å². The van der Waals surface area contributed by atoms with Crippen LogP contribution in [0.25, 0.3) is 0 Å². The summed E-state index contributed by atoms with van der Waals surface area (Å²) in [6, 6.07) is 11.9. The molecule has 0 bridgehead atoms. The normalized spacial score (nSPS) is 11.5. The van der Waals surface area contributed by atoms with E-state index >= 15 is 0 Å². The maximum atomic E-state index is 11.9. The van der Waals surface area contributed by atoms with Gasteiger partial charge in [-0.15, -0.1) is 11.3 Å². The van der Waals surface area contributed by atoms with Gasteiger partial charge in [-0.2, -0.15) is 0 Å². The number of hydrogen-bond donors (Lipinski definition) is 3. The number of nitrogens with one attached hydrogen (secondary N) is 3. The first-order valence-electron chi connectivity index (χ1n) is 6.54. The van der Waals surface area contributed by atoms with Gasteiger partial charge in [0.2, 0.25) is 0 Å². The fourth-order valence-electron chi connectivity index (χ4n) is 1.83. The highest BCUT2D eigenvalue weighted by atomic mass is 32.1. The highest BCUT2D eigenvalue weighted by molar-refractivity contribution is 7.80. The van der Waals surface area contributed by atoms with Crippen molar-refractivity contribution in [3.05, 3.63) is 57.8 Å².